The first-order chi connectivity index (χ1) is 11.6. The molecular formula is C17H16N4O3. The van der Waals surface area contributed by atoms with E-state index >= 15 is 0 Å². The summed E-state index contributed by atoms with van der Waals surface area (Å²) in [5.74, 6) is 0.129. The van der Waals surface area contributed by atoms with Crippen LogP contribution in [0.1, 0.15) is 16.1 Å². The van der Waals surface area contributed by atoms with Crippen LogP contribution in [-0.4, -0.2) is 51.4 Å². The number of esters is 1. The molecule has 2 atom stereocenters. The number of aromatic nitrogens is 3. The number of likely N-dealkylation sites (tertiary alicyclic amines) is 1. The van der Waals surface area contributed by atoms with Crippen LogP contribution in [0.4, 0.5) is 0 Å². The number of fused-ring (bicyclic) bond motifs is 1. The molecule has 122 valence electrons. The van der Waals surface area contributed by atoms with E-state index in [1.165, 1.54) is 0 Å². The van der Waals surface area contributed by atoms with E-state index in [1.54, 1.807) is 30.4 Å². The lowest BCUT2D eigenvalue weighted by Gasteiger charge is -2.18. The van der Waals surface area contributed by atoms with Crippen LogP contribution in [0, 0.1) is 18.8 Å². The van der Waals surface area contributed by atoms with Gasteiger partial charge in [0.1, 0.15) is 0 Å². The number of amides is 1. The van der Waals surface area contributed by atoms with Gasteiger partial charge in [0.05, 0.1) is 23.8 Å². The van der Waals surface area contributed by atoms with Crippen molar-refractivity contribution in [2.75, 3.05) is 19.7 Å². The molecule has 0 aromatic carbocycles. The minimum absolute atomic E-state index is 0.109. The van der Waals surface area contributed by atoms with Gasteiger partial charge in [-0.15, -0.1) is 0 Å². The zero-order valence-corrected chi connectivity index (χ0v) is 13.2. The summed E-state index contributed by atoms with van der Waals surface area (Å²) in [6, 6.07) is 3.69. The highest BCUT2D eigenvalue weighted by Gasteiger charge is 2.45. The first-order valence-corrected chi connectivity index (χ1v) is 7.83. The largest absolute Gasteiger partial charge is 0.465 e. The van der Waals surface area contributed by atoms with Crippen LogP contribution in [-0.2, 0) is 9.53 Å². The van der Waals surface area contributed by atoms with E-state index in [0.717, 1.165) is 5.56 Å². The van der Waals surface area contributed by atoms with E-state index < -0.39 is 0 Å². The number of cyclic esters (lactones) is 1. The lowest BCUT2D eigenvalue weighted by atomic mass is 10.0. The predicted molar refractivity (Wildman–Crippen MR) is 83.8 cm³/mol. The molecule has 2 aliphatic heterocycles. The van der Waals surface area contributed by atoms with Crippen molar-refractivity contribution in [3.63, 3.8) is 0 Å². The molecule has 0 unspecified atom stereocenters. The summed E-state index contributed by atoms with van der Waals surface area (Å²) in [7, 11) is 0. The Labute approximate surface area is 138 Å². The number of carbonyl (C=O) groups excluding carboxylic acids is 2. The molecular weight excluding hydrogens is 308 g/mol. The van der Waals surface area contributed by atoms with Crippen LogP contribution in [0.5, 0.6) is 0 Å². The number of hydrogen-bond donors (Lipinski definition) is 0. The van der Waals surface area contributed by atoms with Crippen LogP contribution in [0.15, 0.2) is 30.7 Å². The molecule has 24 heavy (non-hydrogen) atoms. The second-order valence-electron chi connectivity index (χ2n) is 6.14. The van der Waals surface area contributed by atoms with Crippen molar-refractivity contribution >= 4 is 11.9 Å². The fourth-order valence-corrected chi connectivity index (χ4v) is 3.25. The molecule has 2 aliphatic rings. The molecule has 0 saturated carbocycles. The number of rotatable bonds is 2. The molecule has 1 amide bonds. The molecule has 2 aromatic rings. The van der Waals surface area contributed by atoms with Crippen LogP contribution in [0.2, 0.25) is 0 Å². The number of carbonyl (C=O) groups is 2. The highest BCUT2D eigenvalue weighted by molar-refractivity contribution is 5.96. The molecule has 2 aromatic heterocycles. The summed E-state index contributed by atoms with van der Waals surface area (Å²) < 4.78 is 5.03. The van der Waals surface area contributed by atoms with Gasteiger partial charge in [-0.3, -0.25) is 14.6 Å². The fraction of sp³-hybridized carbons (Fsp3) is 0.353. The van der Waals surface area contributed by atoms with E-state index in [4.69, 9.17) is 4.74 Å². The third-order valence-electron chi connectivity index (χ3n) is 4.60. The van der Waals surface area contributed by atoms with Gasteiger partial charge in [-0.2, -0.15) is 0 Å². The van der Waals surface area contributed by atoms with Crippen molar-refractivity contribution in [1.82, 2.24) is 19.9 Å². The first-order valence-electron chi connectivity index (χ1n) is 7.83. The minimum atomic E-state index is -0.199. The van der Waals surface area contributed by atoms with Crippen molar-refractivity contribution in [1.29, 1.82) is 0 Å². The van der Waals surface area contributed by atoms with E-state index in [1.807, 2.05) is 12.1 Å². The van der Waals surface area contributed by atoms with Crippen LogP contribution in [0.3, 0.4) is 0 Å². The van der Waals surface area contributed by atoms with Crippen molar-refractivity contribution in [2.45, 2.75) is 6.92 Å². The highest BCUT2D eigenvalue weighted by atomic mass is 16.5. The van der Waals surface area contributed by atoms with Gasteiger partial charge < -0.3 is 9.64 Å². The summed E-state index contributed by atoms with van der Waals surface area (Å²) in [6.07, 6.45) is 4.92. The number of hydrogen-bond acceptors (Lipinski definition) is 6. The molecule has 4 heterocycles. The maximum Gasteiger partial charge on any atom is 0.311 e. The number of pyridine rings is 1. The van der Waals surface area contributed by atoms with Gasteiger partial charge in [-0.1, -0.05) is 0 Å². The molecule has 0 aliphatic carbocycles. The summed E-state index contributed by atoms with van der Waals surface area (Å²) in [5, 5.41) is 0. The van der Waals surface area contributed by atoms with Gasteiger partial charge in [0.15, 0.2) is 5.82 Å². The Bertz CT molecular complexity index is 809. The summed E-state index contributed by atoms with van der Waals surface area (Å²) in [6.45, 7) is 3.15. The Hall–Kier alpha value is -2.83. The monoisotopic (exact) mass is 324 g/mol. The average molecular weight is 324 g/mol. The number of aryl methyl sites for hydroxylation is 1. The van der Waals surface area contributed by atoms with Gasteiger partial charge in [0.2, 0.25) is 0 Å². The molecule has 7 heteroatoms. The van der Waals surface area contributed by atoms with E-state index in [2.05, 4.69) is 15.0 Å². The Morgan fingerprint density at radius 1 is 1.33 bits per heavy atom. The molecule has 0 radical (unpaired) electrons. The quantitative estimate of drug-likeness (QED) is 0.769. The summed E-state index contributed by atoms with van der Waals surface area (Å²) in [4.78, 5) is 38.9. The average Bonchev–Trinajstić information content (AvgIpc) is 3.17. The third-order valence-corrected chi connectivity index (χ3v) is 4.60. The van der Waals surface area contributed by atoms with Crippen molar-refractivity contribution in [3.8, 4) is 11.4 Å². The normalized spacial score (nSPS) is 22.4. The zero-order chi connectivity index (χ0) is 16.7. The van der Waals surface area contributed by atoms with E-state index in [9.17, 15) is 9.59 Å². The summed E-state index contributed by atoms with van der Waals surface area (Å²) in [5.41, 5.74) is 1.89. The van der Waals surface area contributed by atoms with Crippen molar-refractivity contribution in [3.05, 3.63) is 42.0 Å². The second-order valence-corrected chi connectivity index (χ2v) is 6.14. The molecule has 0 N–H and O–H groups in total. The number of ether oxygens (including phenoxy) is 1. The van der Waals surface area contributed by atoms with Crippen molar-refractivity contribution < 1.29 is 14.3 Å². The SMILES string of the molecule is Cc1nc(-c2cccnc2)ncc1C(=O)N1C[C@@H]2COC(=O)[C@@H]2C1. The van der Waals surface area contributed by atoms with Gasteiger partial charge in [0.25, 0.3) is 5.91 Å². The molecule has 0 spiro atoms. The Morgan fingerprint density at radius 3 is 2.92 bits per heavy atom. The van der Waals surface area contributed by atoms with E-state index in [-0.39, 0.29) is 23.7 Å². The third kappa shape index (κ3) is 2.42. The number of nitrogens with zero attached hydrogens (tertiary/aromatic N) is 4. The van der Waals surface area contributed by atoms with Gasteiger partial charge in [-0.05, 0) is 19.1 Å². The second kappa shape index (κ2) is 5.67. The van der Waals surface area contributed by atoms with E-state index in [0.29, 0.717) is 36.8 Å². The molecule has 2 saturated heterocycles. The predicted octanol–water partition coefficient (Wildman–Crippen LogP) is 1.09. The Morgan fingerprint density at radius 2 is 2.21 bits per heavy atom. The Kier molecular flexibility index (Phi) is 3.48. The lowest BCUT2D eigenvalue weighted by Crippen LogP contribution is -2.31. The Balaban J connectivity index is 1.56. The molecule has 2 fully saturated rings. The van der Waals surface area contributed by atoms with Gasteiger partial charge in [0, 0.05) is 43.2 Å². The van der Waals surface area contributed by atoms with Crippen LogP contribution in [0.25, 0.3) is 11.4 Å². The standard InChI is InChI=1S/C17H16N4O3/c1-10-13(6-19-15(20-10)11-3-2-4-18-5-11)16(22)21-7-12-9-24-17(23)14(12)8-21/h2-6,12,14H,7-9H2,1H3/t12-,14-/m1/s1. The van der Waals surface area contributed by atoms with Crippen LogP contribution < -0.4 is 0 Å². The molecule has 7 nitrogen and oxygen atoms in total. The maximum atomic E-state index is 12.7. The molecule has 4 rings (SSSR count). The first kappa shape index (κ1) is 14.7. The maximum absolute atomic E-state index is 12.7. The fourth-order valence-electron chi connectivity index (χ4n) is 3.25. The lowest BCUT2D eigenvalue weighted by molar-refractivity contribution is -0.141. The van der Waals surface area contributed by atoms with Crippen LogP contribution >= 0.6 is 0 Å². The van der Waals surface area contributed by atoms with Gasteiger partial charge in [-0.25, -0.2) is 9.97 Å². The molecule has 0 bridgehead atoms. The smallest absolute Gasteiger partial charge is 0.311 e. The minimum Gasteiger partial charge on any atom is -0.465 e. The zero-order valence-electron chi connectivity index (χ0n) is 13.2. The van der Waals surface area contributed by atoms with Gasteiger partial charge >= 0.3 is 5.97 Å². The summed E-state index contributed by atoms with van der Waals surface area (Å²) >= 11 is 0. The van der Waals surface area contributed by atoms with Crippen molar-refractivity contribution in [2.24, 2.45) is 11.8 Å². The topological polar surface area (TPSA) is 85.3 Å². The highest BCUT2D eigenvalue weighted by Crippen LogP contribution is 2.31.